The van der Waals surface area contributed by atoms with E-state index in [-0.39, 0.29) is 11.7 Å². The van der Waals surface area contributed by atoms with Gasteiger partial charge in [-0.3, -0.25) is 0 Å². The first-order valence-corrected chi connectivity index (χ1v) is 8.88. The van der Waals surface area contributed by atoms with Gasteiger partial charge < -0.3 is 15.3 Å². The van der Waals surface area contributed by atoms with Crippen LogP contribution in [0.1, 0.15) is 11.1 Å². The minimum Gasteiger partial charge on any atom is -0.507 e. The minimum atomic E-state index is 0.0739. The molecule has 0 fully saturated rings. The molecule has 0 radical (unpaired) electrons. The quantitative estimate of drug-likeness (QED) is 0.415. The van der Waals surface area contributed by atoms with Crippen LogP contribution in [0.25, 0.3) is 0 Å². The Hall–Kier alpha value is -3.39. The van der Waals surface area contributed by atoms with Crippen molar-refractivity contribution in [1.82, 2.24) is 15.0 Å². The Morgan fingerprint density at radius 3 is 2.57 bits per heavy atom. The van der Waals surface area contributed by atoms with Crippen LogP contribution in [-0.4, -0.2) is 40.4 Å². The molecule has 1 aromatic heterocycles. The number of aromatic hydroxyl groups is 1. The molecule has 0 spiro atoms. The molecule has 3 rings (SSSR count). The fourth-order valence-corrected chi connectivity index (χ4v) is 2.44. The van der Waals surface area contributed by atoms with Gasteiger partial charge in [0.25, 0.3) is 0 Å². The molecule has 9 heteroatoms. The topological polar surface area (TPSA) is 98.6 Å². The summed E-state index contributed by atoms with van der Waals surface area (Å²) in [5.74, 6) is 1.25. The zero-order valence-electron chi connectivity index (χ0n) is 15.5. The fourth-order valence-electron chi connectivity index (χ4n) is 2.26. The summed E-state index contributed by atoms with van der Waals surface area (Å²) in [5, 5.41) is 17.6. The zero-order valence-corrected chi connectivity index (χ0v) is 16.2. The summed E-state index contributed by atoms with van der Waals surface area (Å²) in [5.41, 5.74) is 4.35. The molecule has 2 aromatic carbocycles. The van der Waals surface area contributed by atoms with Crippen LogP contribution in [0, 0.1) is 0 Å². The average Bonchev–Trinajstić information content (AvgIpc) is 2.69. The summed E-state index contributed by atoms with van der Waals surface area (Å²) in [4.78, 5) is 14.8. The number of aromatic nitrogens is 3. The van der Waals surface area contributed by atoms with E-state index in [0.717, 1.165) is 5.56 Å². The number of hydrogen-bond donors (Lipinski definition) is 3. The number of nitrogens with zero attached hydrogens (tertiary/aromatic N) is 5. The molecular weight excluding hydrogens is 378 g/mol. The van der Waals surface area contributed by atoms with Crippen molar-refractivity contribution in [2.75, 3.05) is 29.7 Å². The van der Waals surface area contributed by atoms with E-state index in [2.05, 4.69) is 30.8 Å². The molecule has 3 N–H and O–H groups in total. The number of nitrogens with one attached hydrogen (secondary N) is 2. The Morgan fingerprint density at radius 1 is 1.07 bits per heavy atom. The molecule has 0 saturated carbocycles. The molecule has 0 atom stereocenters. The predicted octanol–water partition coefficient (Wildman–Crippen LogP) is 3.35. The molecule has 3 aromatic rings. The Morgan fingerprint density at radius 2 is 1.82 bits per heavy atom. The average molecular weight is 398 g/mol. The lowest BCUT2D eigenvalue weighted by atomic mass is 10.2. The summed E-state index contributed by atoms with van der Waals surface area (Å²) in [6.45, 7) is 0.580. The first-order chi connectivity index (χ1) is 13.5. The second-order valence-corrected chi connectivity index (χ2v) is 6.53. The van der Waals surface area contributed by atoms with Crippen LogP contribution in [0.3, 0.4) is 0 Å². The van der Waals surface area contributed by atoms with Gasteiger partial charge in [0.05, 0.1) is 6.21 Å². The lowest BCUT2D eigenvalue weighted by Gasteiger charge is -2.13. The summed E-state index contributed by atoms with van der Waals surface area (Å²) < 4.78 is 0. The van der Waals surface area contributed by atoms with Gasteiger partial charge in [0.1, 0.15) is 5.75 Å². The third-order valence-corrected chi connectivity index (χ3v) is 3.91. The number of anilines is 3. The lowest BCUT2D eigenvalue weighted by Crippen LogP contribution is -2.16. The number of hydrazone groups is 1. The van der Waals surface area contributed by atoms with E-state index in [4.69, 9.17) is 11.6 Å². The molecule has 144 valence electrons. The highest BCUT2D eigenvalue weighted by Gasteiger charge is 2.08. The van der Waals surface area contributed by atoms with Crippen LogP contribution in [0.15, 0.2) is 53.6 Å². The number of halogens is 1. The monoisotopic (exact) mass is 397 g/mol. The molecular formula is C19H20ClN7O. The number of hydrogen-bond acceptors (Lipinski definition) is 8. The van der Waals surface area contributed by atoms with E-state index in [1.54, 1.807) is 17.0 Å². The molecule has 0 unspecified atom stereocenters. The van der Waals surface area contributed by atoms with Crippen molar-refractivity contribution in [3.63, 3.8) is 0 Å². The molecule has 0 aliphatic carbocycles. The van der Waals surface area contributed by atoms with Crippen molar-refractivity contribution in [1.29, 1.82) is 0 Å². The van der Waals surface area contributed by atoms with E-state index in [9.17, 15) is 5.11 Å². The van der Waals surface area contributed by atoms with E-state index in [0.29, 0.717) is 29.0 Å². The Labute approximate surface area is 167 Å². The van der Waals surface area contributed by atoms with E-state index >= 15 is 0 Å². The van der Waals surface area contributed by atoms with Crippen LogP contribution < -0.4 is 15.6 Å². The van der Waals surface area contributed by atoms with Gasteiger partial charge in [0.15, 0.2) is 0 Å². The second-order valence-electron chi connectivity index (χ2n) is 6.09. The molecule has 0 saturated heterocycles. The van der Waals surface area contributed by atoms with E-state index in [1.807, 2.05) is 44.4 Å². The van der Waals surface area contributed by atoms with E-state index < -0.39 is 0 Å². The third kappa shape index (κ3) is 5.31. The zero-order chi connectivity index (χ0) is 19.9. The van der Waals surface area contributed by atoms with Crippen molar-refractivity contribution in [2.45, 2.75) is 6.54 Å². The van der Waals surface area contributed by atoms with Gasteiger partial charge in [-0.15, -0.1) is 0 Å². The maximum atomic E-state index is 9.84. The van der Waals surface area contributed by atoms with Gasteiger partial charge in [-0.05, 0) is 23.8 Å². The van der Waals surface area contributed by atoms with Crippen molar-refractivity contribution < 1.29 is 5.11 Å². The van der Waals surface area contributed by atoms with Crippen LogP contribution in [0.2, 0.25) is 5.02 Å². The van der Waals surface area contributed by atoms with Crippen LogP contribution in [0.4, 0.5) is 17.8 Å². The van der Waals surface area contributed by atoms with Crippen molar-refractivity contribution in [3.05, 3.63) is 64.7 Å². The van der Waals surface area contributed by atoms with Crippen LogP contribution in [0.5, 0.6) is 5.75 Å². The third-order valence-electron chi connectivity index (χ3n) is 3.67. The molecule has 28 heavy (non-hydrogen) atoms. The highest BCUT2D eigenvalue weighted by Crippen LogP contribution is 2.19. The maximum absolute atomic E-state index is 9.84. The van der Waals surface area contributed by atoms with Gasteiger partial charge in [-0.2, -0.15) is 20.1 Å². The second kappa shape index (κ2) is 9.01. The molecule has 0 aliphatic rings. The largest absolute Gasteiger partial charge is 0.507 e. The number of benzene rings is 2. The summed E-state index contributed by atoms with van der Waals surface area (Å²) in [6, 6.07) is 14.7. The number of phenols is 1. The van der Waals surface area contributed by atoms with Crippen molar-refractivity contribution >= 4 is 35.7 Å². The summed E-state index contributed by atoms with van der Waals surface area (Å²) in [7, 11) is 3.68. The van der Waals surface area contributed by atoms with Crippen LogP contribution >= 0.6 is 11.6 Å². The van der Waals surface area contributed by atoms with Gasteiger partial charge in [0, 0.05) is 31.2 Å². The van der Waals surface area contributed by atoms with Crippen LogP contribution in [-0.2, 0) is 6.54 Å². The summed E-state index contributed by atoms with van der Waals surface area (Å²) in [6.07, 6.45) is 1.44. The van der Waals surface area contributed by atoms with Gasteiger partial charge in [-0.25, -0.2) is 5.43 Å². The van der Waals surface area contributed by atoms with Gasteiger partial charge in [-0.1, -0.05) is 41.9 Å². The SMILES string of the molecule is CN(C)c1nc(NCc2ccccc2)nc(N/N=C/c2cc(Cl)ccc2O)n1. The lowest BCUT2D eigenvalue weighted by molar-refractivity contribution is 0.474. The summed E-state index contributed by atoms with van der Waals surface area (Å²) >= 11 is 5.93. The van der Waals surface area contributed by atoms with E-state index in [1.165, 1.54) is 12.3 Å². The Balaban J connectivity index is 1.75. The van der Waals surface area contributed by atoms with Crippen molar-refractivity contribution in [3.8, 4) is 5.75 Å². The van der Waals surface area contributed by atoms with Gasteiger partial charge >= 0.3 is 0 Å². The minimum absolute atomic E-state index is 0.0739. The molecule has 1 heterocycles. The molecule has 0 amide bonds. The predicted molar refractivity (Wildman–Crippen MR) is 112 cm³/mol. The molecule has 8 nitrogen and oxygen atoms in total. The first kappa shape index (κ1) is 19.4. The highest BCUT2D eigenvalue weighted by atomic mass is 35.5. The van der Waals surface area contributed by atoms with Crippen molar-refractivity contribution in [2.24, 2.45) is 5.10 Å². The molecule has 0 bridgehead atoms. The Bertz CT molecular complexity index is 964. The highest BCUT2D eigenvalue weighted by molar-refractivity contribution is 6.30. The smallest absolute Gasteiger partial charge is 0.250 e. The first-order valence-electron chi connectivity index (χ1n) is 8.50. The molecule has 0 aliphatic heterocycles. The number of phenolic OH excluding ortho intramolecular Hbond substituents is 1. The standard InChI is InChI=1S/C19H20ClN7O/c1-27(2)19-24-17(21-11-13-6-4-3-5-7-13)23-18(25-19)26-22-12-14-10-15(20)8-9-16(14)28/h3-10,12,28H,11H2,1-2H3,(H2,21,23,24,25,26)/b22-12+. The Kier molecular flexibility index (Phi) is 6.23. The normalized spacial score (nSPS) is 10.8. The number of rotatable bonds is 7. The fraction of sp³-hybridized carbons (Fsp3) is 0.158. The van der Waals surface area contributed by atoms with Gasteiger partial charge in [0.2, 0.25) is 17.8 Å². The maximum Gasteiger partial charge on any atom is 0.250 e.